The van der Waals surface area contributed by atoms with Crippen molar-refractivity contribution >= 4 is 11.6 Å². The normalized spacial score (nSPS) is 10.6. The molecule has 0 aliphatic heterocycles. The van der Waals surface area contributed by atoms with Crippen molar-refractivity contribution in [2.75, 3.05) is 5.32 Å². The van der Waals surface area contributed by atoms with E-state index in [2.05, 4.69) is 15.5 Å². The molecule has 0 atom stereocenters. The highest BCUT2D eigenvalue weighted by Crippen LogP contribution is 2.21. The summed E-state index contributed by atoms with van der Waals surface area (Å²) in [5, 5.41) is 10.6. The highest BCUT2D eigenvalue weighted by Gasteiger charge is 2.12. The smallest absolute Gasteiger partial charge is 0.247 e. The number of anilines is 1. The van der Waals surface area contributed by atoms with E-state index in [0.717, 1.165) is 11.1 Å². The number of aryl methyl sites for hydroxylation is 2. The molecule has 1 N–H and O–H groups in total. The standard InChI is InChI=1S/C18H16FN3O2/c1-12-5-2-3-8-15(12)18-22-21-17(24-18)10-9-16(23)20-14-7-4-6-13(19)11-14/h2-8,11H,9-10H2,1H3,(H,20,23). The van der Waals surface area contributed by atoms with Crippen LogP contribution in [-0.2, 0) is 11.2 Å². The average Bonchev–Trinajstić information content (AvgIpc) is 3.02. The second-order valence-electron chi connectivity index (χ2n) is 5.37. The third-order valence-electron chi connectivity index (χ3n) is 3.52. The summed E-state index contributed by atoms with van der Waals surface area (Å²) in [6.45, 7) is 1.96. The number of hydrogen-bond acceptors (Lipinski definition) is 4. The van der Waals surface area contributed by atoms with Crippen molar-refractivity contribution in [1.29, 1.82) is 0 Å². The quantitative estimate of drug-likeness (QED) is 0.775. The van der Waals surface area contributed by atoms with E-state index in [1.807, 2.05) is 31.2 Å². The average molecular weight is 325 g/mol. The van der Waals surface area contributed by atoms with Crippen LogP contribution in [0.2, 0.25) is 0 Å². The van der Waals surface area contributed by atoms with Crippen LogP contribution in [0, 0.1) is 12.7 Å². The van der Waals surface area contributed by atoms with Gasteiger partial charge in [-0.2, -0.15) is 0 Å². The molecule has 1 aromatic heterocycles. The van der Waals surface area contributed by atoms with Crippen molar-refractivity contribution in [3.8, 4) is 11.5 Å². The van der Waals surface area contributed by atoms with Gasteiger partial charge in [0.05, 0.1) is 0 Å². The molecule has 0 unspecified atom stereocenters. The Labute approximate surface area is 138 Å². The first-order valence-corrected chi connectivity index (χ1v) is 7.55. The molecule has 122 valence electrons. The maximum Gasteiger partial charge on any atom is 0.247 e. The minimum absolute atomic E-state index is 0.173. The van der Waals surface area contributed by atoms with Crippen molar-refractivity contribution in [1.82, 2.24) is 10.2 Å². The highest BCUT2D eigenvalue weighted by atomic mass is 19.1. The first-order valence-electron chi connectivity index (χ1n) is 7.55. The molecule has 2 aromatic carbocycles. The lowest BCUT2D eigenvalue weighted by atomic mass is 10.1. The van der Waals surface area contributed by atoms with Crippen LogP contribution in [-0.4, -0.2) is 16.1 Å². The van der Waals surface area contributed by atoms with Gasteiger partial charge in [0, 0.05) is 24.1 Å². The summed E-state index contributed by atoms with van der Waals surface area (Å²) in [7, 11) is 0. The number of nitrogens with zero attached hydrogens (tertiary/aromatic N) is 2. The summed E-state index contributed by atoms with van der Waals surface area (Å²) >= 11 is 0. The Bertz CT molecular complexity index is 861. The van der Waals surface area contributed by atoms with E-state index in [0.29, 0.717) is 23.9 Å². The van der Waals surface area contributed by atoms with Crippen molar-refractivity contribution in [2.45, 2.75) is 19.8 Å². The third-order valence-corrected chi connectivity index (χ3v) is 3.52. The Morgan fingerprint density at radius 3 is 2.79 bits per heavy atom. The Hall–Kier alpha value is -3.02. The minimum Gasteiger partial charge on any atom is -0.421 e. The number of carbonyl (C=O) groups is 1. The number of halogens is 1. The molecular weight excluding hydrogens is 309 g/mol. The van der Waals surface area contributed by atoms with Crippen molar-refractivity contribution in [2.24, 2.45) is 0 Å². The number of amides is 1. The van der Waals surface area contributed by atoms with Crippen LogP contribution in [0.3, 0.4) is 0 Å². The molecule has 0 spiro atoms. The number of rotatable bonds is 5. The first kappa shape index (κ1) is 15.9. The summed E-state index contributed by atoms with van der Waals surface area (Å²) in [6, 6.07) is 13.5. The van der Waals surface area contributed by atoms with Gasteiger partial charge in [0.15, 0.2) is 0 Å². The van der Waals surface area contributed by atoms with E-state index in [9.17, 15) is 9.18 Å². The molecule has 0 radical (unpaired) electrons. The fraction of sp³-hybridized carbons (Fsp3) is 0.167. The van der Waals surface area contributed by atoms with Crippen LogP contribution >= 0.6 is 0 Å². The molecule has 1 amide bonds. The van der Waals surface area contributed by atoms with E-state index in [1.165, 1.54) is 18.2 Å². The van der Waals surface area contributed by atoms with Gasteiger partial charge in [0.2, 0.25) is 17.7 Å². The molecule has 0 saturated carbocycles. The molecule has 0 bridgehead atoms. The van der Waals surface area contributed by atoms with Gasteiger partial charge >= 0.3 is 0 Å². The van der Waals surface area contributed by atoms with Gasteiger partial charge in [0.1, 0.15) is 5.82 Å². The number of carbonyl (C=O) groups excluding carboxylic acids is 1. The van der Waals surface area contributed by atoms with Gasteiger partial charge in [-0.3, -0.25) is 4.79 Å². The monoisotopic (exact) mass is 325 g/mol. The maximum absolute atomic E-state index is 13.1. The second kappa shape index (κ2) is 7.04. The number of nitrogens with one attached hydrogen (secondary N) is 1. The van der Waals surface area contributed by atoms with E-state index < -0.39 is 5.82 Å². The zero-order valence-electron chi connectivity index (χ0n) is 13.1. The summed E-state index contributed by atoms with van der Waals surface area (Å²) in [5.74, 6) is 0.195. The van der Waals surface area contributed by atoms with E-state index >= 15 is 0 Å². The van der Waals surface area contributed by atoms with Crippen LogP contribution in [0.5, 0.6) is 0 Å². The highest BCUT2D eigenvalue weighted by molar-refractivity contribution is 5.90. The molecule has 3 aromatic rings. The van der Waals surface area contributed by atoms with E-state index in [1.54, 1.807) is 6.07 Å². The largest absolute Gasteiger partial charge is 0.421 e. The fourth-order valence-electron chi connectivity index (χ4n) is 2.29. The predicted molar refractivity (Wildman–Crippen MR) is 87.8 cm³/mol. The molecule has 0 aliphatic rings. The van der Waals surface area contributed by atoms with E-state index in [-0.39, 0.29) is 12.3 Å². The predicted octanol–water partition coefficient (Wildman–Crippen LogP) is 3.76. The fourth-order valence-corrected chi connectivity index (χ4v) is 2.29. The van der Waals surface area contributed by atoms with Crippen LogP contribution in [0.25, 0.3) is 11.5 Å². The van der Waals surface area contributed by atoms with Crippen molar-refractivity contribution in [3.05, 3.63) is 65.8 Å². The topological polar surface area (TPSA) is 68.0 Å². The Balaban J connectivity index is 1.59. The summed E-state index contributed by atoms with van der Waals surface area (Å²) < 4.78 is 18.7. The van der Waals surface area contributed by atoms with Crippen LogP contribution < -0.4 is 5.32 Å². The van der Waals surface area contributed by atoms with Gasteiger partial charge in [-0.25, -0.2) is 4.39 Å². The Morgan fingerprint density at radius 1 is 1.17 bits per heavy atom. The summed E-state index contributed by atoms with van der Waals surface area (Å²) in [5.41, 5.74) is 2.34. The molecule has 3 rings (SSSR count). The number of hydrogen-bond donors (Lipinski definition) is 1. The maximum atomic E-state index is 13.1. The lowest BCUT2D eigenvalue weighted by Gasteiger charge is -2.03. The first-order chi connectivity index (χ1) is 11.6. The van der Waals surface area contributed by atoms with Gasteiger partial charge in [0.25, 0.3) is 0 Å². The number of aromatic nitrogens is 2. The third kappa shape index (κ3) is 3.84. The van der Waals surface area contributed by atoms with Crippen LogP contribution in [0.1, 0.15) is 17.9 Å². The van der Waals surface area contributed by atoms with Crippen LogP contribution in [0.4, 0.5) is 10.1 Å². The zero-order valence-corrected chi connectivity index (χ0v) is 13.1. The lowest BCUT2D eigenvalue weighted by Crippen LogP contribution is -2.12. The van der Waals surface area contributed by atoms with Gasteiger partial charge < -0.3 is 9.73 Å². The summed E-state index contributed by atoms with van der Waals surface area (Å²) in [4.78, 5) is 11.9. The Kier molecular flexibility index (Phi) is 4.65. The molecule has 0 aliphatic carbocycles. The molecule has 0 fully saturated rings. The molecule has 1 heterocycles. The van der Waals surface area contributed by atoms with Crippen molar-refractivity contribution in [3.63, 3.8) is 0 Å². The zero-order chi connectivity index (χ0) is 16.9. The molecular formula is C18H16FN3O2. The molecule has 5 nitrogen and oxygen atoms in total. The minimum atomic E-state index is -0.396. The van der Waals surface area contributed by atoms with Crippen molar-refractivity contribution < 1.29 is 13.6 Å². The summed E-state index contributed by atoms with van der Waals surface area (Å²) in [6.07, 6.45) is 0.492. The molecule has 6 heteroatoms. The molecule has 24 heavy (non-hydrogen) atoms. The lowest BCUT2D eigenvalue weighted by molar-refractivity contribution is -0.116. The van der Waals surface area contributed by atoms with Crippen LogP contribution in [0.15, 0.2) is 52.9 Å². The van der Waals surface area contributed by atoms with Gasteiger partial charge in [-0.15, -0.1) is 10.2 Å². The SMILES string of the molecule is Cc1ccccc1-c1nnc(CCC(=O)Nc2cccc(F)c2)o1. The second-order valence-corrected chi connectivity index (χ2v) is 5.37. The van der Waals surface area contributed by atoms with Gasteiger partial charge in [-0.05, 0) is 36.8 Å². The Morgan fingerprint density at radius 2 is 2.00 bits per heavy atom. The molecule has 0 saturated heterocycles. The van der Waals surface area contributed by atoms with E-state index in [4.69, 9.17) is 4.42 Å². The van der Waals surface area contributed by atoms with Gasteiger partial charge in [-0.1, -0.05) is 24.3 Å². The number of benzene rings is 2.